The predicted octanol–water partition coefficient (Wildman–Crippen LogP) is 1.34. The molecular formula is C28H37N5O7S. The number of nitrogens with zero attached hydrogens (tertiary/aromatic N) is 1. The molecule has 4 aliphatic rings. The van der Waals surface area contributed by atoms with Crippen LogP contribution in [0.5, 0.6) is 0 Å². The number of rotatable bonds is 6. The van der Waals surface area contributed by atoms with Gasteiger partial charge in [0, 0.05) is 24.4 Å². The van der Waals surface area contributed by atoms with E-state index in [1.165, 1.54) is 4.90 Å². The molecule has 2 saturated carbocycles. The number of nitrogens with two attached hydrogens (primary N) is 1. The van der Waals surface area contributed by atoms with E-state index in [1.807, 2.05) is 42.5 Å². The number of carbonyl (C=O) groups is 4. The van der Waals surface area contributed by atoms with Gasteiger partial charge in [-0.2, -0.15) is 13.1 Å². The number of carbonyl (C=O) groups excluding carboxylic acids is 4. The molecule has 4 amide bonds. The van der Waals surface area contributed by atoms with Crippen LogP contribution in [0.25, 0.3) is 0 Å². The fraction of sp³-hybridized carbons (Fsp3) is 0.571. The summed E-state index contributed by atoms with van der Waals surface area (Å²) in [5.74, 6) is -2.22. The molecule has 1 saturated heterocycles. The van der Waals surface area contributed by atoms with Gasteiger partial charge in [-0.3, -0.25) is 14.4 Å². The van der Waals surface area contributed by atoms with Gasteiger partial charge in [-0.15, -0.1) is 0 Å². The van der Waals surface area contributed by atoms with E-state index in [9.17, 15) is 27.6 Å². The van der Waals surface area contributed by atoms with Crippen molar-refractivity contribution in [1.29, 1.82) is 0 Å². The first-order valence-corrected chi connectivity index (χ1v) is 15.7. The van der Waals surface area contributed by atoms with Gasteiger partial charge >= 0.3 is 16.3 Å². The fourth-order valence-corrected chi connectivity index (χ4v) is 7.16. The van der Waals surface area contributed by atoms with Crippen molar-refractivity contribution in [2.75, 3.05) is 6.54 Å². The molecule has 0 aromatic heterocycles. The molecular weight excluding hydrogens is 550 g/mol. The van der Waals surface area contributed by atoms with Gasteiger partial charge in [0.15, 0.2) is 6.10 Å². The second-order valence-corrected chi connectivity index (χ2v) is 12.8. The van der Waals surface area contributed by atoms with Crippen molar-refractivity contribution in [3.8, 4) is 0 Å². The maximum atomic E-state index is 13.5. The third-order valence-electron chi connectivity index (χ3n) is 8.40. The quantitative estimate of drug-likeness (QED) is 0.363. The minimum atomic E-state index is -4.20. The van der Waals surface area contributed by atoms with Crippen molar-refractivity contribution in [1.82, 2.24) is 19.7 Å². The van der Waals surface area contributed by atoms with Crippen molar-refractivity contribution in [3.05, 3.63) is 48.0 Å². The van der Waals surface area contributed by atoms with Crippen LogP contribution in [0.2, 0.25) is 0 Å². The number of amides is 4. The third-order valence-corrected chi connectivity index (χ3v) is 9.46. The number of ether oxygens (including phenoxy) is 1. The Morgan fingerprint density at radius 3 is 2.61 bits per heavy atom. The largest absolute Gasteiger partial charge is 0.436 e. The molecule has 5 N–H and O–H groups in total. The summed E-state index contributed by atoms with van der Waals surface area (Å²) in [6, 6.07) is 8.33. The normalized spacial score (nSPS) is 32.8. The first-order chi connectivity index (χ1) is 19.6. The Hall–Kier alpha value is -3.45. The van der Waals surface area contributed by atoms with Crippen LogP contribution in [0.1, 0.15) is 69.3 Å². The zero-order valence-corrected chi connectivity index (χ0v) is 23.6. The van der Waals surface area contributed by atoms with E-state index in [4.69, 9.17) is 10.5 Å². The molecule has 0 spiro atoms. The topological polar surface area (TPSA) is 177 Å². The van der Waals surface area contributed by atoms with E-state index in [-0.39, 0.29) is 24.3 Å². The minimum Gasteiger partial charge on any atom is -0.436 e. The van der Waals surface area contributed by atoms with Gasteiger partial charge in [-0.1, -0.05) is 48.9 Å². The van der Waals surface area contributed by atoms with E-state index in [2.05, 4.69) is 14.8 Å². The van der Waals surface area contributed by atoms with Crippen LogP contribution in [0.4, 0.5) is 4.79 Å². The number of primary amides is 1. The Bertz CT molecular complexity index is 1320. The van der Waals surface area contributed by atoms with Gasteiger partial charge in [0.05, 0.1) is 0 Å². The van der Waals surface area contributed by atoms with Gasteiger partial charge in [-0.25, -0.2) is 9.52 Å². The molecule has 2 aliphatic carbocycles. The highest BCUT2D eigenvalue weighted by atomic mass is 32.2. The van der Waals surface area contributed by atoms with E-state index in [0.29, 0.717) is 45.1 Å². The molecule has 2 heterocycles. The highest BCUT2D eigenvalue weighted by Gasteiger charge is 2.61. The molecule has 2 aliphatic heterocycles. The highest BCUT2D eigenvalue weighted by molar-refractivity contribution is 7.88. The van der Waals surface area contributed by atoms with Crippen LogP contribution in [-0.4, -0.2) is 67.4 Å². The number of fused-ring (bicyclic) bond motifs is 2. The maximum absolute atomic E-state index is 13.5. The molecule has 12 nitrogen and oxygen atoms in total. The van der Waals surface area contributed by atoms with Crippen molar-refractivity contribution in [2.45, 2.75) is 87.4 Å². The number of nitrogens with one attached hydrogen (secondary N) is 3. The summed E-state index contributed by atoms with van der Waals surface area (Å²) in [4.78, 5) is 53.1. The van der Waals surface area contributed by atoms with E-state index in [0.717, 1.165) is 18.4 Å². The van der Waals surface area contributed by atoms with Crippen LogP contribution in [0.3, 0.4) is 0 Å². The smallest absolute Gasteiger partial charge is 0.405 e. The summed E-state index contributed by atoms with van der Waals surface area (Å²) in [5, 5.41) is 2.79. The van der Waals surface area contributed by atoms with E-state index < -0.39 is 51.7 Å². The van der Waals surface area contributed by atoms with Crippen molar-refractivity contribution < 1.29 is 32.3 Å². The van der Waals surface area contributed by atoms with E-state index in [1.54, 1.807) is 0 Å². The molecule has 5 rings (SSSR count). The van der Waals surface area contributed by atoms with Crippen LogP contribution in [-0.2, 0) is 29.3 Å². The zero-order chi connectivity index (χ0) is 29.2. The van der Waals surface area contributed by atoms with Crippen LogP contribution in [0.15, 0.2) is 42.5 Å². The summed E-state index contributed by atoms with van der Waals surface area (Å²) in [6.07, 6.45) is 6.62. The summed E-state index contributed by atoms with van der Waals surface area (Å²) in [5.41, 5.74) is 4.78. The minimum absolute atomic E-state index is 0.0315. The van der Waals surface area contributed by atoms with Crippen LogP contribution < -0.4 is 20.5 Å². The first-order valence-electron chi connectivity index (χ1n) is 14.2. The number of hydrogen-bond donors (Lipinski definition) is 4. The van der Waals surface area contributed by atoms with Gasteiger partial charge < -0.3 is 20.7 Å². The lowest BCUT2D eigenvalue weighted by Gasteiger charge is -2.29. The molecule has 6 atom stereocenters. The molecule has 1 aromatic rings. The van der Waals surface area contributed by atoms with Gasteiger partial charge in [0.1, 0.15) is 11.6 Å². The summed E-state index contributed by atoms with van der Waals surface area (Å²) in [7, 11) is -4.20. The lowest BCUT2D eigenvalue weighted by atomic mass is 10.1. The van der Waals surface area contributed by atoms with Crippen LogP contribution in [0, 0.1) is 5.92 Å². The van der Waals surface area contributed by atoms with Gasteiger partial charge in [0.25, 0.3) is 11.8 Å². The summed E-state index contributed by atoms with van der Waals surface area (Å²) in [6.45, 7) is 0.292. The Morgan fingerprint density at radius 2 is 1.85 bits per heavy atom. The van der Waals surface area contributed by atoms with Crippen molar-refractivity contribution >= 4 is 34.0 Å². The molecule has 0 bridgehead atoms. The Labute approximate surface area is 239 Å². The first kappa shape index (κ1) is 29.1. The second kappa shape index (κ2) is 11.8. The highest BCUT2D eigenvalue weighted by Crippen LogP contribution is 2.46. The number of benzene rings is 1. The number of allylic oxidation sites excluding steroid dienone is 1. The van der Waals surface area contributed by atoms with E-state index >= 15 is 0 Å². The van der Waals surface area contributed by atoms with Gasteiger partial charge in [-0.05, 0) is 56.9 Å². The Balaban J connectivity index is 1.30. The third kappa shape index (κ3) is 6.72. The predicted molar refractivity (Wildman–Crippen MR) is 148 cm³/mol. The average molecular weight is 588 g/mol. The van der Waals surface area contributed by atoms with Gasteiger partial charge in [0.2, 0.25) is 5.91 Å². The molecule has 3 fully saturated rings. The molecule has 1 aromatic carbocycles. The lowest BCUT2D eigenvalue weighted by Crippen LogP contribution is -2.58. The average Bonchev–Trinajstić information content (AvgIpc) is 3.78. The molecule has 13 heteroatoms. The molecule has 222 valence electrons. The molecule has 0 radical (unpaired) electrons. The zero-order valence-electron chi connectivity index (χ0n) is 22.8. The standard InChI is InChI=1S/C28H37N5O7S/c29-27(37)40-23-14-8-3-1-2-7-12-19-17-28(19,30-24(34)22-13-9-15-33(22)25(23)35)26(36)32-41(38,39)31-21-16-20(21)18-10-5-4-6-11-18/h4-7,10-12,19-23,31H,1-3,8-9,13-17H2,(H2,29,37)(H,30,34)(H,32,36)/b12-7-. The monoisotopic (exact) mass is 587 g/mol. The Kier molecular flexibility index (Phi) is 8.37. The van der Waals surface area contributed by atoms with Crippen molar-refractivity contribution in [3.63, 3.8) is 0 Å². The summed E-state index contributed by atoms with van der Waals surface area (Å²) >= 11 is 0. The van der Waals surface area contributed by atoms with Crippen LogP contribution >= 0.6 is 0 Å². The second-order valence-electron chi connectivity index (χ2n) is 11.4. The molecule has 41 heavy (non-hydrogen) atoms. The Morgan fingerprint density at radius 1 is 1.07 bits per heavy atom. The fourth-order valence-electron chi connectivity index (χ4n) is 6.01. The lowest BCUT2D eigenvalue weighted by molar-refractivity contribution is -0.146. The maximum Gasteiger partial charge on any atom is 0.405 e. The van der Waals surface area contributed by atoms with Crippen molar-refractivity contribution in [2.24, 2.45) is 11.7 Å². The summed E-state index contributed by atoms with van der Waals surface area (Å²) < 4.78 is 35.6. The SMILES string of the molecule is NC(=O)OC1CCCCC/C=C\C2CC2(C(=O)NS(=O)(=O)NC2CC2c2ccccc2)NC(=O)C2CCCN2C1=O. The molecule has 6 unspecified atom stereocenters. The number of hydrogen-bond acceptors (Lipinski definition) is 7.